The fourth-order valence-electron chi connectivity index (χ4n) is 2.21. The summed E-state index contributed by atoms with van der Waals surface area (Å²) in [6.45, 7) is 4.45. The quantitative estimate of drug-likeness (QED) is 0.663. The maximum atomic E-state index is 9.24. The van der Waals surface area contributed by atoms with Crippen molar-refractivity contribution in [1.82, 2.24) is 0 Å². The highest BCUT2D eigenvalue weighted by Gasteiger charge is 2.24. The lowest BCUT2D eigenvalue weighted by Crippen LogP contribution is -2.17. The zero-order valence-corrected chi connectivity index (χ0v) is 10.9. The highest BCUT2D eigenvalue weighted by molar-refractivity contribution is 8.00. The Labute approximate surface area is 98.6 Å². The van der Waals surface area contributed by atoms with Crippen LogP contribution in [0.2, 0.25) is 0 Å². The molecule has 1 aliphatic carbocycles. The lowest BCUT2D eigenvalue weighted by atomic mass is 9.97. The van der Waals surface area contributed by atoms with Gasteiger partial charge in [-0.05, 0) is 25.2 Å². The van der Waals surface area contributed by atoms with Crippen molar-refractivity contribution in [1.29, 1.82) is 5.26 Å². The smallest absolute Gasteiger partial charge is 0.0947 e. The Morgan fingerprint density at radius 1 is 1.27 bits per heavy atom. The van der Waals surface area contributed by atoms with Gasteiger partial charge < -0.3 is 0 Å². The minimum Gasteiger partial charge on any atom is -0.197 e. The maximum Gasteiger partial charge on any atom is 0.0947 e. The van der Waals surface area contributed by atoms with Gasteiger partial charge in [0.1, 0.15) is 0 Å². The van der Waals surface area contributed by atoms with E-state index in [1.807, 2.05) is 11.8 Å². The number of rotatable bonds is 4. The molecule has 0 amide bonds. The molecule has 1 nitrogen and oxygen atoms in total. The van der Waals surface area contributed by atoms with E-state index in [0.29, 0.717) is 11.2 Å². The molecule has 0 N–H and O–H groups in total. The van der Waals surface area contributed by atoms with Crippen molar-refractivity contribution < 1.29 is 0 Å². The van der Waals surface area contributed by atoms with Crippen molar-refractivity contribution in [2.24, 2.45) is 5.92 Å². The lowest BCUT2D eigenvalue weighted by Gasteiger charge is -2.22. The molecular weight excluding hydrogens is 202 g/mol. The first-order chi connectivity index (χ1) is 7.27. The van der Waals surface area contributed by atoms with E-state index in [1.54, 1.807) is 0 Å². The first kappa shape index (κ1) is 12.9. The highest BCUT2D eigenvalue weighted by Crippen LogP contribution is 2.33. The lowest BCUT2D eigenvalue weighted by molar-refractivity contribution is 0.478. The fraction of sp³-hybridized carbons (Fsp3) is 0.923. The van der Waals surface area contributed by atoms with Gasteiger partial charge in [-0.2, -0.15) is 5.26 Å². The molecule has 0 aromatic carbocycles. The van der Waals surface area contributed by atoms with Gasteiger partial charge in [-0.15, -0.1) is 11.8 Å². The minimum atomic E-state index is 0.248. The monoisotopic (exact) mass is 225 g/mol. The van der Waals surface area contributed by atoms with E-state index >= 15 is 0 Å². The van der Waals surface area contributed by atoms with E-state index in [2.05, 4.69) is 19.9 Å². The summed E-state index contributed by atoms with van der Waals surface area (Å²) in [5.74, 6) is 0.663. The summed E-state index contributed by atoms with van der Waals surface area (Å²) in [5.41, 5.74) is 0. The van der Waals surface area contributed by atoms with Crippen molar-refractivity contribution in [3.05, 3.63) is 0 Å². The van der Waals surface area contributed by atoms with Gasteiger partial charge in [-0.25, -0.2) is 0 Å². The third-order valence-electron chi connectivity index (χ3n) is 3.41. The molecule has 0 radical (unpaired) electrons. The summed E-state index contributed by atoms with van der Waals surface area (Å²) in [7, 11) is 0. The van der Waals surface area contributed by atoms with Crippen LogP contribution >= 0.6 is 11.8 Å². The Kier molecular flexibility index (Phi) is 6.17. The van der Waals surface area contributed by atoms with Crippen LogP contribution < -0.4 is 0 Å². The number of nitriles is 1. The van der Waals surface area contributed by atoms with Crippen LogP contribution in [0.5, 0.6) is 0 Å². The number of thioether (sulfide) groups is 1. The molecule has 86 valence electrons. The van der Waals surface area contributed by atoms with Crippen LogP contribution in [0.1, 0.15) is 58.8 Å². The SMILES string of the molecule is CCC(C)SC(C#N)C1CCCCCC1. The normalized spacial score (nSPS) is 22.7. The molecule has 0 heterocycles. The molecule has 0 aromatic rings. The Morgan fingerprint density at radius 3 is 2.33 bits per heavy atom. The maximum absolute atomic E-state index is 9.24. The topological polar surface area (TPSA) is 23.8 Å². The molecule has 2 heteroatoms. The van der Waals surface area contributed by atoms with Crippen molar-refractivity contribution in [2.75, 3.05) is 0 Å². The van der Waals surface area contributed by atoms with E-state index in [-0.39, 0.29) is 5.25 Å². The molecule has 1 aliphatic rings. The zero-order chi connectivity index (χ0) is 11.1. The van der Waals surface area contributed by atoms with E-state index in [9.17, 15) is 5.26 Å². The molecule has 0 bridgehead atoms. The summed E-state index contributed by atoms with van der Waals surface area (Å²) >= 11 is 1.90. The van der Waals surface area contributed by atoms with E-state index in [0.717, 1.165) is 0 Å². The highest BCUT2D eigenvalue weighted by atomic mass is 32.2. The van der Waals surface area contributed by atoms with Crippen LogP contribution in [-0.2, 0) is 0 Å². The van der Waals surface area contributed by atoms with Gasteiger partial charge >= 0.3 is 0 Å². The van der Waals surface area contributed by atoms with Gasteiger partial charge in [0.25, 0.3) is 0 Å². The van der Waals surface area contributed by atoms with Crippen molar-refractivity contribution in [2.45, 2.75) is 69.3 Å². The van der Waals surface area contributed by atoms with Gasteiger partial charge in [-0.1, -0.05) is 39.5 Å². The van der Waals surface area contributed by atoms with Gasteiger partial charge in [0.2, 0.25) is 0 Å². The second kappa shape index (κ2) is 7.17. The molecule has 2 unspecified atom stereocenters. The molecule has 1 rings (SSSR count). The van der Waals surface area contributed by atoms with E-state index in [1.165, 1.54) is 44.9 Å². The van der Waals surface area contributed by atoms with Crippen LogP contribution in [0.15, 0.2) is 0 Å². The third kappa shape index (κ3) is 4.47. The van der Waals surface area contributed by atoms with Gasteiger partial charge in [0.05, 0.1) is 11.3 Å². The first-order valence-electron chi connectivity index (χ1n) is 6.33. The predicted octanol–water partition coefficient (Wildman–Crippen LogP) is 4.38. The Bertz CT molecular complexity index is 201. The van der Waals surface area contributed by atoms with Crippen LogP contribution in [0.25, 0.3) is 0 Å². The van der Waals surface area contributed by atoms with Crippen LogP contribution in [0.4, 0.5) is 0 Å². The summed E-state index contributed by atoms with van der Waals surface area (Å²) in [4.78, 5) is 0. The molecule has 15 heavy (non-hydrogen) atoms. The van der Waals surface area contributed by atoms with Crippen LogP contribution in [0, 0.1) is 17.2 Å². The van der Waals surface area contributed by atoms with Gasteiger partial charge in [0, 0.05) is 5.25 Å². The number of nitrogens with zero attached hydrogens (tertiary/aromatic N) is 1. The summed E-state index contributed by atoms with van der Waals surface area (Å²) in [6, 6.07) is 2.53. The van der Waals surface area contributed by atoms with Crippen LogP contribution in [0.3, 0.4) is 0 Å². The summed E-state index contributed by atoms with van der Waals surface area (Å²) in [6.07, 6.45) is 9.16. The Hall–Kier alpha value is -0.160. The molecule has 0 saturated heterocycles. The third-order valence-corrected chi connectivity index (χ3v) is 4.99. The molecule has 0 aromatic heterocycles. The van der Waals surface area contributed by atoms with E-state index in [4.69, 9.17) is 0 Å². The second-order valence-electron chi connectivity index (χ2n) is 4.66. The van der Waals surface area contributed by atoms with Crippen molar-refractivity contribution >= 4 is 11.8 Å². The van der Waals surface area contributed by atoms with Gasteiger partial charge in [0.15, 0.2) is 0 Å². The Balaban J connectivity index is 2.45. The van der Waals surface area contributed by atoms with Gasteiger partial charge in [-0.3, -0.25) is 0 Å². The predicted molar refractivity (Wildman–Crippen MR) is 67.9 cm³/mol. The molecular formula is C13H23NS. The number of hydrogen-bond donors (Lipinski definition) is 0. The Morgan fingerprint density at radius 2 is 1.87 bits per heavy atom. The van der Waals surface area contributed by atoms with Crippen molar-refractivity contribution in [3.8, 4) is 6.07 Å². The van der Waals surface area contributed by atoms with E-state index < -0.39 is 0 Å². The average molecular weight is 225 g/mol. The summed E-state index contributed by atoms with van der Waals surface area (Å²) < 4.78 is 0. The molecule has 0 aliphatic heterocycles. The summed E-state index contributed by atoms with van der Waals surface area (Å²) in [5, 5.41) is 10.1. The van der Waals surface area contributed by atoms with Crippen molar-refractivity contribution in [3.63, 3.8) is 0 Å². The standard InChI is InChI=1S/C13H23NS/c1-3-11(2)15-13(10-14)12-8-6-4-5-7-9-12/h11-13H,3-9H2,1-2H3. The molecule has 0 spiro atoms. The molecule has 1 fully saturated rings. The first-order valence-corrected chi connectivity index (χ1v) is 7.27. The molecule has 2 atom stereocenters. The zero-order valence-electron chi connectivity index (χ0n) is 10.0. The number of hydrogen-bond acceptors (Lipinski definition) is 2. The minimum absolute atomic E-state index is 0.248. The average Bonchev–Trinajstić information content (AvgIpc) is 2.54. The van der Waals surface area contributed by atoms with Crippen LogP contribution in [-0.4, -0.2) is 10.5 Å². The fourth-order valence-corrected chi connectivity index (χ4v) is 3.46. The largest absolute Gasteiger partial charge is 0.197 e. The second-order valence-corrected chi connectivity index (χ2v) is 6.24. The molecule has 1 saturated carbocycles.